The number of aromatic amines is 1. The molecular weight excluding hydrogens is 329 g/mol. The molecule has 2 aromatic rings. The van der Waals surface area contributed by atoms with Crippen LogP contribution in [0.5, 0.6) is 5.75 Å². The lowest BCUT2D eigenvalue weighted by atomic mass is 9.82. The summed E-state index contributed by atoms with van der Waals surface area (Å²) in [7, 11) is 1.48. The van der Waals surface area contributed by atoms with E-state index in [-0.39, 0.29) is 17.6 Å². The highest BCUT2D eigenvalue weighted by atomic mass is 19.1. The molecule has 4 rings (SSSR count). The van der Waals surface area contributed by atoms with E-state index in [0.717, 1.165) is 17.1 Å². The van der Waals surface area contributed by atoms with E-state index in [1.54, 1.807) is 6.07 Å². The summed E-state index contributed by atoms with van der Waals surface area (Å²) in [5.74, 6) is 1.55. The second-order valence-corrected chi connectivity index (χ2v) is 7.70. The first-order chi connectivity index (χ1) is 12.7. The standard InChI is InChI=1S/C21H28FN3O/c1-26-19-11-10-15(12-17(19)22)18-13-23-21(25-18)20(24-16-8-5-9-16)14-6-3-2-4-7-14/h10-14,16,20,24H,2-9H2,1H3,(H,23,25)/t20-/m0/s1. The van der Waals surface area contributed by atoms with Gasteiger partial charge in [0.15, 0.2) is 11.6 Å². The van der Waals surface area contributed by atoms with Gasteiger partial charge in [0.1, 0.15) is 5.82 Å². The zero-order chi connectivity index (χ0) is 17.9. The Labute approximate surface area is 154 Å². The highest BCUT2D eigenvalue weighted by molar-refractivity contribution is 5.60. The molecule has 0 radical (unpaired) electrons. The number of imidazole rings is 1. The first-order valence-electron chi connectivity index (χ1n) is 9.89. The van der Waals surface area contributed by atoms with E-state index in [2.05, 4.69) is 15.3 Å². The molecule has 0 aliphatic heterocycles. The topological polar surface area (TPSA) is 49.9 Å². The lowest BCUT2D eigenvalue weighted by Gasteiger charge is -2.36. The number of ether oxygens (including phenoxy) is 1. The Morgan fingerprint density at radius 3 is 2.62 bits per heavy atom. The van der Waals surface area contributed by atoms with E-state index in [0.29, 0.717) is 12.0 Å². The Bertz CT molecular complexity index is 735. The fraction of sp³-hybridized carbons (Fsp3) is 0.571. The first kappa shape index (κ1) is 17.5. The monoisotopic (exact) mass is 357 g/mol. The maximum absolute atomic E-state index is 14.0. The second-order valence-electron chi connectivity index (χ2n) is 7.70. The molecule has 0 unspecified atom stereocenters. The maximum Gasteiger partial charge on any atom is 0.165 e. The van der Waals surface area contributed by atoms with Crippen LogP contribution in [-0.2, 0) is 0 Å². The number of aromatic nitrogens is 2. The minimum absolute atomic E-state index is 0.264. The van der Waals surface area contributed by atoms with Crippen LogP contribution in [0.3, 0.4) is 0 Å². The van der Waals surface area contributed by atoms with Crippen molar-refractivity contribution in [2.45, 2.75) is 63.5 Å². The van der Waals surface area contributed by atoms with Gasteiger partial charge in [0.05, 0.1) is 25.0 Å². The number of nitrogens with one attached hydrogen (secondary N) is 2. The molecule has 1 heterocycles. The molecule has 2 fully saturated rings. The van der Waals surface area contributed by atoms with E-state index < -0.39 is 0 Å². The van der Waals surface area contributed by atoms with Crippen LogP contribution in [-0.4, -0.2) is 23.1 Å². The molecule has 2 saturated carbocycles. The number of nitrogens with zero attached hydrogens (tertiary/aromatic N) is 1. The molecule has 1 aromatic heterocycles. The molecule has 0 spiro atoms. The zero-order valence-electron chi connectivity index (χ0n) is 15.4. The van der Waals surface area contributed by atoms with Crippen LogP contribution < -0.4 is 10.1 Å². The van der Waals surface area contributed by atoms with E-state index in [4.69, 9.17) is 4.74 Å². The first-order valence-corrected chi connectivity index (χ1v) is 9.89. The van der Waals surface area contributed by atoms with Gasteiger partial charge in [0.25, 0.3) is 0 Å². The van der Waals surface area contributed by atoms with Crippen molar-refractivity contribution in [3.63, 3.8) is 0 Å². The fourth-order valence-electron chi connectivity index (χ4n) is 4.21. The molecule has 2 aliphatic carbocycles. The molecule has 140 valence electrons. The Kier molecular flexibility index (Phi) is 5.25. The normalized spacial score (nSPS) is 19.9. The Balaban J connectivity index is 1.57. The van der Waals surface area contributed by atoms with Crippen LogP contribution in [0, 0.1) is 11.7 Å². The van der Waals surface area contributed by atoms with Gasteiger partial charge in [-0.2, -0.15) is 0 Å². The Hall–Kier alpha value is -1.88. The molecule has 2 N–H and O–H groups in total. The van der Waals surface area contributed by atoms with E-state index in [9.17, 15) is 4.39 Å². The van der Waals surface area contributed by atoms with Gasteiger partial charge in [-0.15, -0.1) is 0 Å². The van der Waals surface area contributed by atoms with Crippen LogP contribution in [0.1, 0.15) is 63.2 Å². The largest absolute Gasteiger partial charge is 0.494 e. The summed E-state index contributed by atoms with van der Waals surface area (Å²) in [5.41, 5.74) is 1.66. The molecule has 26 heavy (non-hydrogen) atoms. The summed E-state index contributed by atoms with van der Waals surface area (Å²) in [5, 5.41) is 3.85. The van der Waals surface area contributed by atoms with Crippen molar-refractivity contribution in [3.8, 4) is 17.0 Å². The van der Waals surface area contributed by atoms with Crippen LogP contribution in [0.15, 0.2) is 24.4 Å². The lowest BCUT2D eigenvalue weighted by molar-refractivity contribution is 0.212. The molecule has 2 aliphatic rings. The van der Waals surface area contributed by atoms with Crippen LogP contribution >= 0.6 is 0 Å². The SMILES string of the molecule is COc1ccc(-c2cnc([C@@H](NC3CCC3)C3CCCCC3)[nH]2)cc1F. The number of H-pyrrole nitrogens is 1. The van der Waals surface area contributed by atoms with E-state index in [1.165, 1.54) is 64.5 Å². The number of halogens is 1. The summed E-state index contributed by atoms with van der Waals surface area (Å²) in [6.07, 6.45) is 12.2. The molecule has 0 saturated heterocycles. The minimum atomic E-state index is -0.349. The number of benzene rings is 1. The third kappa shape index (κ3) is 3.63. The lowest BCUT2D eigenvalue weighted by Crippen LogP contribution is -2.41. The summed E-state index contributed by atoms with van der Waals surface area (Å²) in [6, 6.07) is 5.93. The summed E-state index contributed by atoms with van der Waals surface area (Å²) >= 11 is 0. The summed E-state index contributed by atoms with van der Waals surface area (Å²) < 4.78 is 19.1. The molecular formula is C21H28FN3O. The van der Waals surface area contributed by atoms with Crippen molar-refractivity contribution in [2.24, 2.45) is 5.92 Å². The smallest absolute Gasteiger partial charge is 0.165 e. The van der Waals surface area contributed by atoms with Crippen molar-refractivity contribution in [2.75, 3.05) is 7.11 Å². The zero-order valence-corrected chi connectivity index (χ0v) is 15.4. The third-order valence-corrected chi connectivity index (χ3v) is 5.99. The molecule has 0 amide bonds. The summed E-state index contributed by atoms with van der Waals surface area (Å²) in [4.78, 5) is 8.14. The molecule has 5 heteroatoms. The highest BCUT2D eigenvalue weighted by Gasteiger charge is 2.31. The predicted molar refractivity (Wildman–Crippen MR) is 101 cm³/mol. The highest BCUT2D eigenvalue weighted by Crippen LogP contribution is 2.36. The van der Waals surface area contributed by atoms with Crippen LogP contribution in [0.2, 0.25) is 0 Å². The average molecular weight is 357 g/mol. The van der Waals surface area contributed by atoms with Crippen molar-refractivity contribution >= 4 is 0 Å². The molecule has 1 aromatic carbocycles. The van der Waals surface area contributed by atoms with Gasteiger partial charge in [0.2, 0.25) is 0 Å². The van der Waals surface area contributed by atoms with Gasteiger partial charge in [-0.1, -0.05) is 25.7 Å². The van der Waals surface area contributed by atoms with Gasteiger partial charge >= 0.3 is 0 Å². The third-order valence-electron chi connectivity index (χ3n) is 5.99. The van der Waals surface area contributed by atoms with Gasteiger partial charge in [-0.3, -0.25) is 0 Å². The van der Waals surface area contributed by atoms with Gasteiger partial charge in [-0.05, 0) is 49.8 Å². The van der Waals surface area contributed by atoms with Gasteiger partial charge in [-0.25, -0.2) is 9.37 Å². The summed E-state index contributed by atoms with van der Waals surface area (Å²) in [6.45, 7) is 0. The average Bonchev–Trinajstić information content (AvgIpc) is 3.11. The predicted octanol–water partition coefficient (Wildman–Crippen LogP) is 4.99. The number of hydrogen-bond acceptors (Lipinski definition) is 3. The molecule has 4 nitrogen and oxygen atoms in total. The Morgan fingerprint density at radius 1 is 1.15 bits per heavy atom. The second kappa shape index (κ2) is 7.78. The number of rotatable bonds is 6. The van der Waals surface area contributed by atoms with E-state index >= 15 is 0 Å². The van der Waals surface area contributed by atoms with Crippen molar-refractivity contribution in [1.29, 1.82) is 0 Å². The van der Waals surface area contributed by atoms with Gasteiger partial charge in [0, 0.05) is 11.6 Å². The van der Waals surface area contributed by atoms with Gasteiger partial charge < -0.3 is 15.0 Å². The number of hydrogen-bond donors (Lipinski definition) is 2. The quantitative estimate of drug-likeness (QED) is 0.766. The molecule has 1 atom stereocenters. The van der Waals surface area contributed by atoms with Crippen LogP contribution in [0.25, 0.3) is 11.3 Å². The van der Waals surface area contributed by atoms with Crippen LogP contribution in [0.4, 0.5) is 4.39 Å². The maximum atomic E-state index is 14.0. The van der Waals surface area contributed by atoms with Crippen molar-refractivity contribution in [3.05, 3.63) is 36.0 Å². The van der Waals surface area contributed by atoms with E-state index in [1.807, 2.05) is 12.3 Å². The van der Waals surface area contributed by atoms with Crippen molar-refractivity contribution in [1.82, 2.24) is 15.3 Å². The molecule has 0 bridgehead atoms. The minimum Gasteiger partial charge on any atom is -0.494 e. The van der Waals surface area contributed by atoms with Crippen molar-refractivity contribution < 1.29 is 9.13 Å². The number of methoxy groups -OCH3 is 1. The Morgan fingerprint density at radius 2 is 1.96 bits per heavy atom. The fourth-order valence-corrected chi connectivity index (χ4v) is 4.21.